The molecule has 0 bridgehead atoms. The van der Waals surface area contributed by atoms with Crippen LogP contribution in [0.1, 0.15) is 36.7 Å². The van der Waals surface area contributed by atoms with Crippen LogP contribution in [0.4, 0.5) is 4.39 Å². The van der Waals surface area contributed by atoms with Crippen LogP contribution in [0, 0.1) is 5.82 Å². The molecule has 0 radical (unpaired) electrons. The number of hydrogen-bond acceptors (Lipinski definition) is 4. The number of benzene rings is 2. The maximum absolute atomic E-state index is 14.2. The number of nitrogens with zero attached hydrogens (tertiary/aromatic N) is 2. The molecule has 0 unspecified atom stereocenters. The molecule has 0 aliphatic carbocycles. The molecule has 2 heterocycles. The van der Waals surface area contributed by atoms with Gasteiger partial charge < -0.3 is 4.43 Å². The number of aromatic nitrogens is 1. The Labute approximate surface area is 195 Å². The summed E-state index contributed by atoms with van der Waals surface area (Å²) in [5.41, 5.74) is 0.660. The monoisotopic (exact) mass is 464 g/mol. The largest absolute Gasteiger partial charge is 0.405 e. The zero-order valence-corrected chi connectivity index (χ0v) is 20.3. The first-order valence-electron chi connectivity index (χ1n) is 11.2. The Morgan fingerprint density at radius 3 is 2.15 bits per heavy atom. The Kier molecular flexibility index (Phi) is 6.74. The molecule has 172 valence electrons. The van der Waals surface area contributed by atoms with Gasteiger partial charge in [0.05, 0.1) is 31.5 Å². The Bertz CT molecular complexity index is 1060. The standard InChI is InChI=1S/C26H29FN2O3Si/c1-26(2,3)33(21-10-6-4-7-11-21,22-12-8-5-9-13-22)32-17-16-31-29-15-14-20-18-28-19-23(27)24(20)25(29)30/h4-13,18-19H,14-17H2,1-3H3. The number of carbonyl (C=O) groups excluding carboxylic acids is 1. The summed E-state index contributed by atoms with van der Waals surface area (Å²) in [6, 6.07) is 20.7. The van der Waals surface area contributed by atoms with E-state index in [0.29, 0.717) is 25.1 Å². The smallest absolute Gasteiger partial charge is 0.280 e. The third kappa shape index (κ3) is 4.49. The van der Waals surface area contributed by atoms with E-state index in [-0.39, 0.29) is 17.2 Å². The van der Waals surface area contributed by atoms with Gasteiger partial charge in [0.15, 0.2) is 5.82 Å². The van der Waals surface area contributed by atoms with Crippen LogP contribution in [0.2, 0.25) is 5.04 Å². The van der Waals surface area contributed by atoms with Gasteiger partial charge >= 0.3 is 0 Å². The van der Waals surface area contributed by atoms with Crippen molar-refractivity contribution in [2.75, 3.05) is 19.8 Å². The highest BCUT2D eigenvalue weighted by Gasteiger charge is 2.50. The van der Waals surface area contributed by atoms with Crippen molar-refractivity contribution in [2.45, 2.75) is 32.2 Å². The fourth-order valence-corrected chi connectivity index (χ4v) is 9.12. The molecule has 4 rings (SSSR count). The van der Waals surface area contributed by atoms with Crippen LogP contribution in [0.15, 0.2) is 73.1 Å². The summed E-state index contributed by atoms with van der Waals surface area (Å²) >= 11 is 0. The lowest BCUT2D eigenvalue weighted by Crippen LogP contribution is -2.66. The van der Waals surface area contributed by atoms with Gasteiger partial charge in [-0.3, -0.25) is 14.6 Å². The van der Waals surface area contributed by atoms with Gasteiger partial charge in [-0.25, -0.2) is 9.45 Å². The molecule has 1 amide bonds. The van der Waals surface area contributed by atoms with Crippen molar-refractivity contribution < 1.29 is 18.4 Å². The van der Waals surface area contributed by atoms with Crippen LogP contribution in [0.3, 0.4) is 0 Å². The summed E-state index contributed by atoms with van der Waals surface area (Å²) in [7, 11) is -2.67. The average Bonchev–Trinajstić information content (AvgIpc) is 2.81. The summed E-state index contributed by atoms with van der Waals surface area (Å²) in [5, 5.41) is 3.45. The van der Waals surface area contributed by atoms with E-state index in [1.165, 1.54) is 15.4 Å². The lowest BCUT2D eigenvalue weighted by molar-refractivity contribution is -0.131. The Hall–Kier alpha value is -2.87. The SMILES string of the molecule is CC(C)(C)[Si](OCCON1CCc2cncc(F)c2C1=O)(c1ccccc1)c1ccccc1. The molecule has 0 atom stereocenters. The maximum Gasteiger partial charge on any atom is 0.280 e. The number of hydroxylamine groups is 2. The van der Waals surface area contributed by atoms with E-state index in [1.807, 2.05) is 36.4 Å². The van der Waals surface area contributed by atoms with Crippen LogP contribution in [0.25, 0.3) is 0 Å². The quantitative estimate of drug-likeness (QED) is 0.395. The minimum Gasteiger partial charge on any atom is -0.405 e. The van der Waals surface area contributed by atoms with Crippen LogP contribution >= 0.6 is 0 Å². The van der Waals surface area contributed by atoms with Gasteiger partial charge in [0.1, 0.15) is 0 Å². The summed E-state index contributed by atoms with van der Waals surface area (Å²) in [4.78, 5) is 22.4. The first-order chi connectivity index (χ1) is 15.8. The summed E-state index contributed by atoms with van der Waals surface area (Å²) in [6.45, 7) is 7.49. The Balaban J connectivity index is 1.53. The summed E-state index contributed by atoms with van der Waals surface area (Å²) in [5.74, 6) is -1.09. The van der Waals surface area contributed by atoms with E-state index in [2.05, 4.69) is 50.0 Å². The maximum atomic E-state index is 14.2. The number of hydrogen-bond donors (Lipinski definition) is 0. The molecule has 33 heavy (non-hydrogen) atoms. The van der Waals surface area contributed by atoms with E-state index >= 15 is 0 Å². The third-order valence-electron chi connectivity index (χ3n) is 6.07. The highest BCUT2D eigenvalue weighted by molar-refractivity contribution is 6.99. The molecule has 1 aromatic heterocycles. The van der Waals surface area contributed by atoms with Crippen molar-refractivity contribution >= 4 is 24.6 Å². The molecule has 7 heteroatoms. The van der Waals surface area contributed by atoms with Crippen molar-refractivity contribution in [3.63, 3.8) is 0 Å². The first-order valence-corrected chi connectivity index (χ1v) is 13.1. The minimum atomic E-state index is -2.67. The molecular formula is C26H29FN2O3Si. The molecule has 3 aromatic rings. The average molecular weight is 465 g/mol. The van der Waals surface area contributed by atoms with E-state index < -0.39 is 20.0 Å². The summed E-state index contributed by atoms with van der Waals surface area (Å²) in [6.07, 6.45) is 3.10. The highest BCUT2D eigenvalue weighted by Crippen LogP contribution is 2.36. The number of pyridine rings is 1. The molecule has 1 aliphatic heterocycles. The number of fused-ring (bicyclic) bond motifs is 1. The normalized spacial score (nSPS) is 14.3. The van der Waals surface area contributed by atoms with Crippen LogP contribution < -0.4 is 10.4 Å². The molecule has 0 spiro atoms. The van der Waals surface area contributed by atoms with E-state index in [0.717, 1.165) is 6.20 Å². The number of halogens is 1. The molecule has 0 fully saturated rings. The van der Waals surface area contributed by atoms with Gasteiger partial charge in [-0.05, 0) is 27.4 Å². The predicted octanol–water partition coefficient (Wildman–Crippen LogP) is 3.73. The van der Waals surface area contributed by atoms with Crippen molar-refractivity contribution in [3.05, 3.63) is 90.0 Å². The van der Waals surface area contributed by atoms with Crippen LogP contribution in [-0.2, 0) is 15.7 Å². The van der Waals surface area contributed by atoms with E-state index in [1.54, 1.807) is 6.20 Å². The number of amides is 1. The molecule has 1 aliphatic rings. The second-order valence-corrected chi connectivity index (χ2v) is 13.5. The van der Waals surface area contributed by atoms with Gasteiger partial charge in [0.25, 0.3) is 14.2 Å². The Morgan fingerprint density at radius 1 is 0.970 bits per heavy atom. The van der Waals surface area contributed by atoms with Crippen LogP contribution in [0.5, 0.6) is 0 Å². The number of carbonyl (C=O) groups is 1. The Morgan fingerprint density at radius 2 is 1.58 bits per heavy atom. The summed E-state index contributed by atoms with van der Waals surface area (Å²) < 4.78 is 20.9. The molecular weight excluding hydrogens is 435 g/mol. The van der Waals surface area contributed by atoms with Crippen molar-refractivity contribution in [1.82, 2.24) is 10.0 Å². The molecule has 5 nitrogen and oxygen atoms in total. The van der Waals surface area contributed by atoms with Gasteiger partial charge in [-0.15, -0.1) is 0 Å². The fourth-order valence-electron chi connectivity index (χ4n) is 4.58. The zero-order chi connectivity index (χ0) is 23.5. The molecule has 0 N–H and O–H groups in total. The van der Waals surface area contributed by atoms with E-state index in [9.17, 15) is 9.18 Å². The van der Waals surface area contributed by atoms with Gasteiger partial charge in [-0.2, -0.15) is 0 Å². The topological polar surface area (TPSA) is 51.7 Å². The lowest BCUT2D eigenvalue weighted by atomic mass is 10.0. The predicted molar refractivity (Wildman–Crippen MR) is 128 cm³/mol. The van der Waals surface area contributed by atoms with Crippen molar-refractivity contribution in [3.8, 4) is 0 Å². The second kappa shape index (κ2) is 9.55. The van der Waals surface area contributed by atoms with Gasteiger partial charge in [-0.1, -0.05) is 81.4 Å². The highest BCUT2D eigenvalue weighted by atomic mass is 28.4. The lowest BCUT2D eigenvalue weighted by Gasteiger charge is -2.43. The van der Waals surface area contributed by atoms with Crippen molar-refractivity contribution in [2.24, 2.45) is 0 Å². The van der Waals surface area contributed by atoms with Crippen molar-refractivity contribution in [1.29, 1.82) is 0 Å². The molecule has 2 aromatic carbocycles. The fraction of sp³-hybridized carbons (Fsp3) is 0.308. The zero-order valence-electron chi connectivity index (χ0n) is 19.3. The van der Waals surface area contributed by atoms with Gasteiger partial charge in [0.2, 0.25) is 0 Å². The van der Waals surface area contributed by atoms with E-state index in [4.69, 9.17) is 9.26 Å². The molecule has 0 saturated carbocycles. The first kappa shape index (κ1) is 23.3. The van der Waals surface area contributed by atoms with Crippen LogP contribution in [-0.4, -0.2) is 44.0 Å². The van der Waals surface area contributed by atoms with Gasteiger partial charge in [0, 0.05) is 6.20 Å². The minimum absolute atomic E-state index is 0.0455. The third-order valence-corrected chi connectivity index (χ3v) is 11.1. The second-order valence-electron chi connectivity index (χ2n) is 9.16. The number of rotatable bonds is 7. The molecule has 0 saturated heterocycles.